The molecule has 0 aliphatic carbocycles. The zero-order valence-electron chi connectivity index (χ0n) is 9.85. The summed E-state index contributed by atoms with van der Waals surface area (Å²) in [6.45, 7) is 7.32. The Bertz CT molecular complexity index is 386. The molecule has 16 heavy (non-hydrogen) atoms. The van der Waals surface area contributed by atoms with E-state index in [4.69, 9.17) is 11.6 Å². The number of benzene rings is 1. The van der Waals surface area contributed by atoms with Crippen LogP contribution in [0.3, 0.4) is 0 Å². The van der Waals surface area contributed by atoms with Gasteiger partial charge in [0.2, 0.25) is 0 Å². The fourth-order valence-corrected chi connectivity index (χ4v) is 2.10. The van der Waals surface area contributed by atoms with Crippen LogP contribution in [0.15, 0.2) is 28.2 Å². The Labute approximate surface area is 111 Å². The highest BCUT2D eigenvalue weighted by molar-refractivity contribution is 9.10. The molecule has 3 heteroatoms. The first-order valence-corrected chi connectivity index (χ1v) is 6.51. The summed E-state index contributed by atoms with van der Waals surface area (Å²) < 4.78 is 1.03. The molecule has 0 atom stereocenters. The van der Waals surface area contributed by atoms with Gasteiger partial charge in [0.05, 0.1) is 0 Å². The van der Waals surface area contributed by atoms with Gasteiger partial charge < -0.3 is 5.32 Å². The van der Waals surface area contributed by atoms with E-state index in [-0.39, 0.29) is 0 Å². The summed E-state index contributed by atoms with van der Waals surface area (Å²) in [5.41, 5.74) is 2.46. The molecule has 0 saturated carbocycles. The summed E-state index contributed by atoms with van der Waals surface area (Å²) in [6.07, 6.45) is 2.16. The van der Waals surface area contributed by atoms with E-state index in [0.717, 1.165) is 21.6 Å². The molecule has 0 aliphatic heterocycles. The number of nitrogens with one attached hydrogen (secondary N) is 1. The van der Waals surface area contributed by atoms with Crippen molar-refractivity contribution in [2.24, 2.45) is 0 Å². The van der Waals surface area contributed by atoms with Crippen LogP contribution >= 0.6 is 27.5 Å². The van der Waals surface area contributed by atoms with Crippen LogP contribution in [0.5, 0.6) is 0 Å². The van der Waals surface area contributed by atoms with Gasteiger partial charge in [-0.25, -0.2) is 0 Å². The van der Waals surface area contributed by atoms with Gasteiger partial charge in [-0.2, -0.15) is 0 Å². The molecule has 88 valence electrons. The minimum absolute atomic E-state index is 0.511. The Hall–Kier alpha value is -0.310. The smallest absolute Gasteiger partial charge is 0.0417 e. The number of rotatable bonds is 4. The van der Waals surface area contributed by atoms with E-state index in [1.165, 1.54) is 5.57 Å². The topological polar surface area (TPSA) is 12.0 Å². The highest BCUT2D eigenvalue weighted by Crippen LogP contribution is 2.23. The maximum absolute atomic E-state index is 5.89. The summed E-state index contributed by atoms with van der Waals surface area (Å²) in [6, 6.07) is 6.35. The van der Waals surface area contributed by atoms with Crippen LogP contribution in [0.25, 0.3) is 6.08 Å². The first-order chi connectivity index (χ1) is 7.49. The molecule has 0 spiro atoms. The molecule has 0 fully saturated rings. The van der Waals surface area contributed by atoms with Gasteiger partial charge in [-0.1, -0.05) is 59.1 Å². The lowest BCUT2D eigenvalue weighted by Gasteiger charge is -2.08. The second-order valence-electron chi connectivity index (χ2n) is 4.19. The lowest BCUT2D eigenvalue weighted by Crippen LogP contribution is -2.24. The van der Waals surface area contributed by atoms with E-state index >= 15 is 0 Å². The third-order valence-electron chi connectivity index (χ3n) is 2.15. The van der Waals surface area contributed by atoms with Gasteiger partial charge in [0.25, 0.3) is 0 Å². The molecule has 1 aromatic rings. The molecule has 0 unspecified atom stereocenters. The zero-order chi connectivity index (χ0) is 12.1. The van der Waals surface area contributed by atoms with Crippen LogP contribution in [0.1, 0.15) is 26.3 Å². The van der Waals surface area contributed by atoms with Crippen LogP contribution in [-0.2, 0) is 0 Å². The SMILES string of the molecule is C/C(=C\c1ccc(Cl)cc1Br)CNC(C)C. The summed E-state index contributed by atoms with van der Waals surface area (Å²) in [7, 11) is 0. The van der Waals surface area contributed by atoms with E-state index in [1.807, 2.05) is 18.2 Å². The van der Waals surface area contributed by atoms with Crippen LogP contribution in [0.2, 0.25) is 5.02 Å². The Kier molecular flexibility index (Phi) is 5.53. The Morgan fingerprint density at radius 3 is 2.75 bits per heavy atom. The summed E-state index contributed by atoms with van der Waals surface area (Å²) in [5, 5.41) is 4.14. The van der Waals surface area contributed by atoms with Gasteiger partial charge in [-0.3, -0.25) is 0 Å². The predicted octanol–water partition coefficient (Wildman–Crippen LogP) is 4.50. The van der Waals surface area contributed by atoms with E-state index < -0.39 is 0 Å². The molecule has 0 aromatic heterocycles. The highest BCUT2D eigenvalue weighted by Gasteiger charge is 1.99. The summed E-state index contributed by atoms with van der Waals surface area (Å²) in [5.74, 6) is 0. The van der Waals surface area contributed by atoms with Gasteiger partial charge >= 0.3 is 0 Å². The minimum Gasteiger partial charge on any atom is -0.311 e. The second-order valence-corrected chi connectivity index (χ2v) is 5.48. The number of hydrogen-bond acceptors (Lipinski definition) is 1. The van der Waals surface area contributed by atoms with Crippen LogP contribution in [-0.4, -0.2) is 12.6 Å². The van der Waals surface area contributed by atoms with Crippen molar-refractivity contribution in [1.82, 2.24) is 5.32 Å². The highest BCUT2D eigenvalue weighted by atomic mass is 79.9. The fourth-order valence-electron chi connectivity index (χ4n) is 1.30. The van der Waals surface area contributed by atoms with Crippen molar-refractivity contribution in [3.63, 3.8) is 0 Å². The first-order valence-electron chi connectivity index (χ1n) is 5.34. The number of hydrogen-bond donors (Lipinski definition) is 1. The lowest BCUT2D eigenvalue weighted by molar-refractivity contribution is 0.623. The summed E-state index contributed by atoms with van der Waals surface area (Å²) in [4.78, 5) is 0. The van der Waals surface area contributed by atoms with E-state index in [2.05, 4.69) is 48.1 Å². The van der Waals surface area contributed by atoms with Crippen LogP contribution in [0.4, 0.5) is 0 Å². The molecule has 1 nitrogen and oxygen atoms in total. The zero-order valence-corrected chi connectivity index (χ0v) is 12.2. The lowest BCUT2D eigenvalue weighted by atomic mass is 10.1. The van der Waals surface area contributed by atoms with E-state index in [0.29, 0.717) is 6.04 Å². The van der Waals surface area contributed by atoms with Gasteiger partial charge in [0.15, 0.2) is 0 Å². The van der Waals surface area contributed by atoms with Crippen molar-refractivity contribution in [3.05, 3.63) is 38.8 Å². The quantitative estimate of drug-likeness (QED) is 0.863. The second kappa shape index (κ2) is 6.43. The van der Waals surface area contributed by atoms with Gasteiger partial charge in [-0.05, 0) is 24.6 Å². The Balaban J connectivity index is 2.74. The van der Waals surface area contributed by atoms with Crippen LogP contribution in [0, 0.1) is 0 Å². The largest absolute Gasteiger partial charge is 0.311 e. The molecule has 0 bridgehead atoms. The maximum atomic E-state index is 5.89. The minimum atomic E-state index is 0.511. The molecule has 0 saturated heterocycles. The normalized spacial score (nSPS) is 12.2. The van der Waals surface area contributed by atoms with Crippen molar-refractivity contribution >= 4 is 33.6 Å². The van der Waals surface area contributed by atoms with Gasteiger partial charge in [-0.15, -0.1) is 0 Å². The van der Waals surface area contributed by atoms with Crippen LogP contribution < -0.4 is 5.32 Å². The van der Waals surface area contributed by atoms with Crippen molar-refractivity contribution in [2.75, 3.05) is 6.54 Å². The monoisotopic (exact) mass is 301 g/mol. The molecule has 0 amide bonds. The molecule has 0 aliphatic rings. The standard InChI is InChI=1S/C13H17BrClN/c1-9(2)16-8-10(3)6-11-4-5-12(15)7-13(11)14/h4-7,9,16H,8H2,1-3H3/b10-6+. The van der Waals surface area contributed by atoms with Crippen molar-refractivity contribution in [1.29, 1.82) is 0 Å². The maximum Gasteiger partial charge on any atom is 0.0417 e. The van der Waals surface area contributed by atoms with E-state index in [9.17, 15) is 0 Å². The molecule has 1 N–H and O–H groups in total. The molecular formula is C13H17BrClN. The van der Waals surface area contributed by atoms with Gasteiger partial charge in [0.1, 0.15) is 0 Å². The summed E-state index contributed by atoms with van der Waals surface area (Å²) >= 11 is 9.40. The third kappa shape index (κ3) is 4.69. The average molecular weight is 303 g/mol. The predicted molar refractivity (Wildman–Crippen MR) is 75.9 cm³/mol. The molecule has 0 radical (unpaired) electrons. The van der Waals surface area contributed by atoms with Crippen molar-refractivity contribution in [2.45, 2.75) is 26.8 Å². The average Bonchev–Trinajstić information content (AvgIpc) is 2.19. The Morgan fingerprint density at radius 1 is 1.50 bits per heavy atom. The molecule has 1 rings (SSSR count). The molecule has 0 heterocycles. The third-order valence-corrected chi connectivity index (χ3v) is 3.08. The first kappa shape index (κ1) is 13.8. The van der Waals surface area contributed by atoms with Crippen molar-refractivity contribution < 1.29 is 0 Å². The van der Waals surface area contributed by atoms with E-state index in [1.54, 1.807) is 0 Å². The van der Waals surface area contributed by atoms with Gasteiger partial charge in [0, 0.05) is 22.1 Å². The number of halogens is 2. The molecule has 1 aromatic carbocycles. The van der Waals surface area contributed by atoms with Crippen molar-refractivity contribution in [3.8, 4) is 0 Å². The fraction of sp³-hybridized carbons (Fsp3) is 0.385. The Morgan fingerprint density at radius 2 is 2.19 bits per heavy atom. The molecular weight excluding hydrogens is 286 g/mol.